The Bertz CT molecular complexity index is 518. The summed E-state index contributed by atoms with van der Waals surface area (Å²) < 4.78 is 0. The van der Waals surface area contributed by atoms with Gasteiger partial charge in [0.2, 0.25) is 5.91 Å². The average Bonchev–Trinajstić information content (AvgIpc) is 2.48. The van der Waals surface area contributed by atoms with Crippen molar-refractivity contribution < 1.29 is 14.7 Å². The van der Waals surface area contributed by atoms with Crippen LogP contribution in [0.1, 0.15) is 26.2 Å². The number of hydrogen-bond donors (Lipinski definition) is 2. The van der Waals surface area contributed by atoms with Gasteiger partial charge in [-0.3, -0.25) is 14.5 Å². The van der Waals surface area contributed by atoms with Crippen molar-refractivity contribution in [1.29, 1.82) is 0 Å². The highest BCUT2D eigenvalue weighted by molar-refractivity contribution is 6.30. The zero-order valence-electron chi connectivity index (χ0n) is 11.9. The number of nitrogens with one attached hydrogen (secondary N) is 1. The number of carbonyl (C=O) groups excluding carboxylic acids is 1. The van der Waals surface area contributed by atoms with E-state index in [1.165, 1.54) is 0 Å². The zero-order chi connectivity index (χ0) is 15.4. The van der Waals surface area contributed by atoms with Gasteiger partial charge in [0.05, 0.1) is 6.04 Å². The lowest BCUT2D eigenvalue weighted by molar-refractivity contribution is -0.146. The molecule has 2 unspecified atom stereocenters. The molecular weight excluding hydrogens is 292 g/mol. The number of halogens is 1. The van der Waals surface area contributed by atoms with Gasteiger partial charge < -0.3 is 10.4 Å². The van der Waals surface area contributed by atoms with E-state index in [1.54, 1.807) is 36.1 Å². The summed E-state index contributed by atoms with van der Waals surface area (Å²) in [7, 11) is 0. The van der Waals surface area contributed by atoms with Gasteiger partial charge in [-0.05, 0) is 50.6 Å². The van der Waals surface area contributed by atoms with E-state index in [2.05, 4.69) is 5.32 Å². The lowest BCUT2D eigenvalue weighted by Gasteiger charge is -2.36. The molecule has 6 heteroatoms. The fourth-order valence-corrected chi connectivity index (χ4v) is 2.74. The Kier molecular flexibility index (Phi) is 5.20. The third-order valence-electron chi connectivity index (χ3n) is 3.82. The molecule has 2 rings (SSSR count). The lowest BCUT2D eigenvalue weighted by Crippen LogP contribution is -2.53. The largest absolute Gasteiger partial charge is 0.480 e. The molecule has 1 aromatic rings. The van der Waals surface area contributed by atoms with Crippen molar-refractivity contribution in [3.8, 4) is 0 Å². The predicted octanol–water partition coefficient (Wildman–Crippen LogP) is 2.61. The van der Waals surface area contributed by atoms with Crippen LogP contribution in [0.25, 0.3) is 0 Å². The number of likely N-dealkylation sites (tertiary alicyclic amines) is 1. The second kappa shape index (κ2) is 6.91. The molecule has 5 nitrogen and oxygen atoms in total. The number of aliphatic carboxylic acids is 1. The number of benzene rings is 1. The molecule has 0 spiro atoms. The number of rotatable bonds is 4. The summed E-state index contributed by atoms with van der Waals surface area (Å²) in [4.78, 5) is 25.3. The Morgan fingerprint density at radius 3 is 2.62 bits per heavy atom. The fraction of sp³-hybridized carbons (Fsp3) is 0.467. The number of amides is 1. The van der Waals surface area contributed by atoms with Crippen molar-refractivity contribution in [2.24, 2.45) is 0 Å². The number of piperidine rings is 1. The van der Waals surface area contributed by atoms with E-state index in [0.29, 0.717) is 23.7 Å². The minimum absolute atomic E-state index is 0.203. The molecule has 1 heterocycles. The third-order valence-corrected chi connectivity index (χ3v) is 4.07. The Hall–Kier alpha value is -1.59. The van der Waals surface area contributed by atoms with Gasteiger partial charge in [-0.25, -0.2) is 0 Å². The minimum atomic E-state index is -0.860. The minimum Gasteiger partial charge on any atom is -0.480 e. The summed E-state index contributed by atoms with van der Waals surface area (Å²) in [6.07, 6.45) is 2.40. The number of anilines is 1. The molecule has 2 atom stereocenters. The van der Waals surface area contributed by atoms with Crippen LogP contribution in [0.5, 0.6) is 0 Å². The van der Waals surface area contributed by atoms with Gasteiger partial charge >= 0.3 is 5.97 Å². The highest BCUT2D eigenvalue weighted by Crippen LogP contribution is 2.21. The molecule has 0 aromatic heterocycles. The second-order valence-corrected chi connectivity index (χ2v) is 5.70. The average molecular weight is 311 g/mol. The van der Waals surface area contributed by atoms with E-state index in [1.807, 2.05) is 0 Å². The fourth-order valence-electron chi connectivity index (χ4n) is 2.61. The van der Waals surface area contributed by atoms with Crippen LogP contribution in [0.15, 0.2) is 24.3 Å². The Labute approximate surface area is 128 Å². The summed E-state index contributed by atoms with van der Waals surface area (Å²) in [6, 6.07) is 5.77. The van der Waals surface area contributed by atoms with E-state index in [-0.39, 0.29) is 5.91 Å². The molecule has 0 saturated carbocycles. The molecule has 0 radical (unpaired) electrons. The number of hydrogen-bond acceptors (Lipinski definition) is 3. The molecular formula is C15H19ClN2O3. The van der Waals surface area contributed by atoms with Crippen molar-refractivity contribution in [2.75, 3.05) is 11.9 Å². The van der Waals surface area contributed by atoms with E-state index in [0.717, 1.165) is 12.8 Å². The van der Waals surface area contributed by atoms with Crippen molar-refractivity contribution in [2.45, 2.75) is 38.3 Å². The van der Waals surface area contributed by atoms with Crippen LogP contribution in [0.3, 0.4) is 0 Å². The second-order valence-electron chi connectivity index (χ2n) is 5.26. The van der Waals surface area contributed by atoms with Gasteiger partial charge in [0.15, 0.2) is 0 Å². The van der Waals surface area contributed by atoms with Crippen LogP contribution in [0.2, 0.25) is 5.02 Å². The van der Waals surface area contributed by atoms with Gasteiger partial charge in [0.25, 0.3) is 0 Å². The van der Waals surface area contributed by atoms with Gasteiger partial charge in [-0.2, -0.15) is 0 Å². The SMILES string of the molecule is CC(C(=O)Nc1ccc(Cl)cc1)N1CCCCC1C(=O)O. The first-order chi connectivity index (χ1) is 9.99. The van der Waals surface area contributed by atoms with Crippen LogP contribution in [-0.4, -0.2) is 40.5 Å². The van der Waals surface area contributed by atoms with E-state index >= 15 is 0 Å². The smallest absolute Gasteiger partial charge is 0.320 e. The maximum absolute atomic E-state index is 12.3. The van der Waals surface area contributed by atoms with E-state index in [9.17, 15) is 14.7 Å². The van der Waals surface area contributed by atoms with Crippen LogP contribution in [-0.2, 0) is 9.59 Å². The molecule has 21 heavy (non-hydrogen) atoms. The van der Waals surface area contributed by atoms with Gasteiger partial charge in [-0.1, -0.05) is 18.0 Å². The Balaban J connectivity index is 2.03. The molecule has 0 aliphatic carbocycles. The monoisotopic (exact) mass is 310 g/mol. The lowest BCUT2D eigenvalue weighted by atomic mass is 10.00. The summed E-state index contributed by atoms with van der Waals surface area (Å²) in [5, 5.41) is 12.7. The first-order valence-electron chi connectivity index (χ1n) is 7.04. The molecule has 1 aliphatic rings. The summed E-state index contributed by atoms with van der Waals surface area (Å²) in [5.41, 5.74) is 0.653. The predicted molar refractivity (Wildman–Crippen MR) is 81.5 cm³/mol. The third kappa shape index (κ3) is 3.95. The van der Waals surface area contributed by atoms with Crippen molar-refractivity contribution in [3.05, 3.63) is 29.3 Å². The maximum Gasteiger partial charge on any atom is 0.320 e. The van der Waals surface area contributed by atoms with Crippen LogP contribution in [0.4, 0.5) is 5.69 Å². The summed E-state index contributed by atoms with van der Waals surface area (Å²) in [5.74, 6) is -1.06. The van der Waals surface area contributed by atoms with Crippen LogP contribution >= 0.6 is 11.6 Å². The number of carboxylic acid groups (broad SMARTS) is 1. The van der Waals surface area contributed by atoms with E-state index < -0.39 is 18.1 Å². The number of carbonyl (C=O) groups is 2. The maximum atomic E-state index is 12.3. The highest BCUT2D eigenvalue weighted by atomic mass is 35.5. The van der Waals surface area contributed by atoms with Gasteiger partial charge in [0, 0.05) is 10.7 Å². The first kappa shape index (κ1) is 15.8. The quantitative estimate of drug-likeness (QED) is 0.897. The van der Waals surface area contributed by atoms with Gasteiger partial charge in [-0.15, -0.1) is 0 Å². The molecule has 114 valence electrons. The summed E-state index contributed by atoms with van der Waals surface area (Å²) >= 11 is 5.80. The Morgan fingerprint density at radius 2 is 2.00 bits per heavy atom. The van der Waals surface area contributed by atoms with Gasteiger partial charge in [0.1, 0.15) is 6.04 Å². The zero-order valence-corrected chi connectivity index (χ0v) is 12.6. The standard InChI is InChI=1S/C15H19ClN2O3/c1-10(18-9-3-2-4-13(18)15(20)21)14(19)17-12-7-5-11(16)6-8-12/h5-8,10,13H,2-4,9H2,1H3,(H,17,19)(H,20,21). The van der Waals surface area contributed by atoms with Crippen molar-refractivity contribution in [1.82, 2.24) is 4.90 Å². The molecule has 2 N–H and O–H groups in total. The molecule has 0 bridgehead atoms. The van der Waals surface area contributed by atoms with Crippen LogP contribution < -0.4 is 5.32 Å². The number of nitrogens with zero attached hydrogens (tertiary/aromatic N) is 1. The highest BCUT2D eigenvalue weighted by Gasteiger charge is 2.34. The van der Waals surface area contributed by atoms with Crippen molar-refractivity contribution >= 4 is 29.2 Å². The Morgan fingerprint density at radius 1 is 1.33 bits per heavy atom. The molecule has 1 fully saturated rings. The molecule has 1 amide bonds. The molecule has 1 aliphatic heterocycles. The van der Waals surface area contributed by atoms with E-state index in [4.69, 9.17) is 11.6 Å². The van der Waals surface area contributed by atoms with Crippen molar-refractivity contribution in [3.63, 3.8) is 0 Å². The first-order valence-corrected chi connectivity index (χ1v) is 7.42. The molecule has 1 aromatic carbocycles. The molecule has 1 saturated heterocycles. The van der Waals surface area contributed by atoms with Crippen LogP contribution in [0, 0.1) is 0 Å². The number of carboxylic acids is 1. The topological polar surface area (TPSA) is 69.6 Å². The normalized spacial score (nSPS) is 20.8. The summed E-state index contributed by atoms with van der Waals surface area (Å²) in [6.45, 7) is 2.37.